The molecule has 0 bridgehead atoms. The molecule has 0 aromatic heterocycles. The summed E-state index contributed by atoms with van der Waals surface area (Å²) in [6.45, 7) is 12.6. The summed E-state index contributed by atoms with van der Waals surface area (Å²) >= 11 is 0. The lowest BCUT2D eigenvalue weighted by atomic mass is 10.1. The fraction of sp³-hybridized carbons (Fsp3) is 0.625. The Labute approximate surface area is 117 Å². The van der Waals surface area contributed by atoms with E-state index in [-0.39, 0.29) is 0 Å². The minimum Gasteiger partial charge on any atom is -0.491 e. The van der Waals surface area contributed by atoms with Crippen molar-refractivity contribution in [1.82, 2.24) is 4.90 Å². The van der Waals surface area contributed by atoms with Gasteiger partial charge in [0.1, 0.15) is 5.75 Å². The second-order valence-electron chi connectivity index (χ2n) is 5.44. The number of hydrogen-bond acceptors (Lipinski definition) is 3. The van der Waals surface area contributed by atoms with E-state index in [2.05, 4.69) is 38.7 Å². The maximum absolute atomic E-state index is 5.99. The number of ether oxygens (including phenoxy) is 1. The fourth-order valence-electron chi connectivity index (χ4n) is 2.48. The maximum atomic E-state index is 5.99. The van der Waals surface area contributed by atoms with Crippen LogP contribution in [0.15, 0.2) is 18.2 Å². The largest absolute Gasteiger partial charge is 0.491 e. The highest BCUT2D eigenvalue weighted by molar-refractivity contribution is 5.56. The fourth-order valence-corrected chi connectivity index (χ4v) is 2.48. The monoisotopic (exact) mass is 264 g/mol. The van der Waals surface area contributed by atoms with Gasteiger partial charge in [-0.15, -0.1) is 0 Å². The molecule has 0 saturated carbocycles. The zero-order valence-electron chi connectivity index (χ0n) is 12.9. The van der Waals surface area contributed by atoms with Gasteiger partial charge in [0.25, 0.3) is 0 Å². The first-order valence-electron chi connectivity index (χ1n) is 7.23. The van der Waals surface area contributed by atoms with Crippen LogP contribution in [-0.4, -0.2) is 30.1 Å². The van der Waals surface area contributed by atoms with Crippen molar-refractivity contribution in [3.8, 4) is 5.75 Å². The van der Waals surface area contributed by atoms with Gasteiger partial charge in [0.2, 0.25) is 0 Å². The van der Waals surface area contributed by atoms with Crippen LogP contribution in [0.2, 0.25) is 0 Å². The summed E-state index contributed by atoms with van der Waals surface area (Å²) < 4.78 is 5.68. The van der Waals surface area contributed by atoms with Crippen molar-refractivity contribution in [3.05, 3.63) is 23.8 Å². The van der Waals surface area contributed by atoms with E-state index in [4.69, 9.17) is 10.5 Å². The van der Waals surface area contributed by atoms with Crippen molar-refractivity contribution in [2.75, 3.05) is 18.9 Å². The number of nitrogen functional groups attached to an aromatic ring is 1. The molecule has 0 radical (unpaired) electrons. The molecule has 3 nitrogen and oxygen atoms in total. The second-order valence-corrected chi connectivity index (χ2v) is 5.44. The van der Waals surface area contributed by atoms with E-state index in [1.807, 2.05) is 19.1 Å². The predicted octanol–water partition coefficient (Wildman–Crippen LogP) is 3.33. The Morgan fingerprint density at radius 2 is 1.79 bits per heavy atom. The van der Waals surface area contributed by atoms with E-state index >= 15 is 0 Å². The van der Waals surface area contributed by atoms with Gasteiger partial charge >= 0.3 is 0 Å². The van der Waals surface area contributed by atoms with Crippen LogP contribution in [0.1, 0.15) is 40.2 Å². The number of hydrogen-bond donors (Lipinski definition) is 1. The molecule has 1 rings (SSSR count). The van der Waals surface area contributed by atoms with E-state index in [9.17, 15) is 0 Å². The van der Waals surface area contributed by atoms with E-state index < -0.39 is 0 Å². The first kappa shape index (κ1) is 15.8. The first-order chi connectivity index (χ1) is 8.97. The molecule has 0 heterocycles. The molecule has 0 aliphatic rings. The smallest absolute Gasteiger partial charge is 0.145 e. The molecule has 0 amide bonds. The van der Waals surface area contributed by atoms with Gasteiger partial charge in [-0.3, -0.25) is 4.90 Å². The Hall–Kier alpha value is -1.22. The number of nitrogens with two attached hydrogens (primary N) is 1. The van der Waals surface area contributed by atoms with Gasteiger partial charge in [0, 0.05) is 18.6 Å². The van der Waals surface area contributed by atoms with Gasteiger partial charge < -0.3 is 10.5 Å². The summed E-state index contributed by atoms with van der Waals surface area (Å²) in [6, 6.07) is 7.12. The standard InChI is InChI=1S/C16H28N2O/c1-6-19-16-14(8-7-9-15(16)17)10-11-18(12(2)3)13(4)5/h7-9,12-13H,6,10-11,17H2,1-5H3. The van der Waals surface area contributed by atoms with Crippen molar-refractivity contribution < 1.29 is 4.74 Å². The normalized spacial score (nSPS) is 11.6. The molecule has 19 heavy (non-hydrogen) atoms. The third-order valence-electron chi connectivity index (χ3n) is 3.38. The van der Waals surface area contributed by atoms with Crippen LogP contribution in [0.25, 0.3) is 0 Å². The molecular formula is C16H28N2O. The number of benzene rings is 1. The SMILES string of the molecule is CCOc1c(N)cccc1CCN(C(C)C)C(C)C. The molecule has 0 aliphatic heterocycles. The zero-order chi connectivity index (χ0) is 14.4. The molecule has 108 valence electrons. The van der Waals surface area contributed by atoms with E-state index in [1.165, 1.54) is 5.56 Å². The Kier molecular flexibility index (Phi) is 6.16. The first-order valence-corrected chi connectivity index (χ1v) is 7.23. The molecule has 1 aromatic rings. The molecule has 3 heteroatoms. The van der Waals surface area contributed by atoms with Crippen LogP contribution in [0, 0.1) is 0 Å². The average Bonchev–Trinajstić information content (AvgIpc) is 2.32. The summed E-state index contributed by atoms with van der Waals surface area (Å²) in [6.07, 6.45) is 0.969. The molecule has 0 saturated heterocycles. The van der Waals surface area contributed by atoms with Crippen molar-refractivity contribution in [1.29, 1.82) is 0 Å². The average molecular weight is 264 g/mol. The highest BCUT2D eigenvalue weighted by Gasteiger charge is 2.15. The zero-order valence-corrected chi connectivity index (χ0v) is 12.9. The molecule has 2 N–H and O–H groups in total. The quantitative estimate of drug-likeness (QED) is 0.768. The Bertz CT molecular complexity index is 380. The van der Waals surface area contributed by atoms with Crippen LogP contribution in [0.3, 0.4) is 0 Å². The number of rotatable bonds is 7. The molecular weight excluding hydrogens is 236 g/mol. The summed E-state index contributed by atoms with van der Waals surface area (Å²) in [5, 5.41) is 0. The van der Waals surface area contributed by atoms with E-state index in [0.29, 0.717) is 18.7 Å². The Morgan fingerprint density at radius 3 is 2.32 bits per heavy atom. The van der Waals surface area contributed by atoms with Crippen LogP contribution in [0.4, 0.5) is 5.69 Å². The minimum atomic E-state index is 0.552. The lowest BCUT2D eigenvalue weighted by Gasteiger charge is -2.30. The number of nitrogens with zero attached hydrogens (tertiary/aromatic N) is 1. The maximum Gasteiger partial charge on any atom is 0.145 e. The molecule has 1 aromatic carbocycles. The van der Waals surface area contributed by atoms with Crippen molar-refractivity contribution in [3.63, 3.8) is 0 Å². The third-order valence-corrected chi connectivity index (χ3v) is 3.38. The van der Waals surface area contributed by atoms with E-state index in [0.717, 1.165) is 24.4 Å². The van der Waals surface area contributed by atoms with Gasteiger partial charge in [0.05, 0.1) is 12.3 Å². The Balaban J connectivity index is 2.79. The summed E-state index contributed by atoms with van der Waals surface area (Å²) in [5.41, 5.74) is 7.93. The highest BCUT2D eigenvalue weighted by Crippen LogP contribution is 2.27. The van der Waals surface area contributed by atoms with Crippen molar-refractivity contribution >= 4 is 5.69 Å². The summed E-state index contributed by atoms with van der Waals surface area (Å²) in [5.74, 6) is 0.859. The predicted molar refractivity (Wildman–Crippen MR) is 82.7 cm³/mol. The molecule has 0 aliphatic carbocycles. The van der Waals surface area contributed by atoms with Crippen LogP contribution in [-0.2, 0) is 6.42 Å². The van der Waals surface area contributed by atoms with E-state index in [1.54, 1.807) is 0 Å². The number of anilines is 1. The van der Waals surface area contributed by atoms with Gasteiger partial charge in [-0.2, -0.15) is 0 Å². The Morgan fingerprint density at radius 1 is 1.16 bits per heavy atom. The van der Waals surface area contributed by atoms with Crippen LogP contribution < -0.4 is 10.5 Å². The van der Waals surface area contributed by atoms with Crippen LogP contribution >= 0.6 is 0 Å². The molecule has 0 fully saturated rings. The molecule has 0 atom stereocenters. The van der Waals surface area contributed by atoms with Gasteiger partial charge in [0.15, 0.2) is 0 Å². The van der Waals surface area contributed by atoms with Crippen LogP contribution in [0.5, 0.6) is 5.75 Å². The van der Waals surface area contributed by atoms with Gasteiger partial charge in [-0.1, -0.05) is 12.1 Å². The number of para-hydroxylation sites is 1. The molecule has 0 spiro atoms. The highest BCUT2D eigenvalue weighted by atomic mass is 16.5. The minimum absolute atomic E-state index is 0.552. The van der Waals surface area contributed by atoms with Crippen molar-refractivity contribution in [2.24, 2.45) is 0 Å². The lowest BCUT2D eigenvalue weighted by Crippen LogP contribution is -2.38. The topological polar surface area (TPSA) is 38.5 Å². The second kappa shape index (κ2) is 7.39. The van der Waals surface area contributed by atoms with Crippen molar-refractivity contribution in [2.45, 2.75) is 53.1 Å². The summed E-state index contributed by atoms with van der Waals surface area (Å²) in [4.78, 5) is 2.49. The third kappa shape index (κ3) is 4.43. The van der Waals surface area contributed by atoms with Gasteiger partial charge in [-0.25, -0.2) is 0 Å². The summed E-state index contributed by atoms with van der Waals surface area (Å²) in [7, 11) is 0. The van der Waals surface area contributed by atoms with Gasteiger partial charge in [-0.05, 0) is 52.7 Å². The lowest BCUT2D eigenvalue weighted by molar-refractivity contribution is 0.177. The molecule has 0 unspecified atom stereocenters.